The standard InChI is InChI=1S/C10H14N4OS3/c1-6(2)8-13-14-9(18-8)12-7(15)5-17-10-11-3-4-16-10/h6H,3-5H2,1-2H3,(H,12,14,15). The predicted octanol–water partition coefficient (Wildman–Crippen LogP) is 2.44. The molecule has 2 rings (SSSR count). The first-order chi connectivity index (χ1) is 8.65. The largest absolute Gasteiger partial charge is 0.300 e. The van der Waals surface area contributed by atoms with Gasteiger partial charge in [0.15, 0.2) is 0 Å². The molecule has 1 aromatic rings. The van der Waals surface area contributed by atoms with Gasteiger partial charge in [-0.15, -0.1) is 10.2 Å². The summed E-state index contributed by atoms with van der Waals surface area (Å²) in [7, 11) is 0. The fraction of sp³-hybridized carbons (Fsp3) is 0.600. The van der Waals surface area contributed by atoms with E-state index >= 15 is 0 Å². The highest BCUT2D eigenvalue weighted by Gasteiger charge is 2.13. The second-order valence-corrected chi connectivity index (χ2v) is 7.25. The minimum atomic E-state index is -0.0540. The number of aromatic nitrogens is 2. The van der Waals surface area contributed by atoms with E-state index in [1.54, 1.807) is 11.8 Å². The summed E-state index contributed by atoms with van der Waals surface area (Å²) in [4.78, 5) is 16.0. The van der Waals surface area contributed by atoms with Crippen molar-refractivity contribution in [1.82, 2.24) is 10.2 Å². The molecule has 0 saturated heterocycles. The zero-order chi connectivity index (χ0) is 13.0. The SMILES string of the molecule is CC(C)c1nnc(NC(=O)CSC2=NCCS2)s1. The molecule has 1 N–H and O–H groups in total. The molecule has 0 atom stereocenters. The molecule has 98 valence electrons. The van der Waals surface area contributed by atoms with Crippen LogP contribution in [0.25, 0.3) is 0 Å². The lowest BCUT2D eigenvalue weighted by Gasteiger charge is -2.00. The lowest BCUT2D eigenvalue weighted by atomic mass is 10.2. The van der Waals surface area contributed by atoms with Crippen molar-refractivity contribution in [3.05, 3.63) is 5.01 Å². The quantitative estimate of drug-likeness (QED) is 0.925. The van der Waals surface area contributed by atoms with Crippen LogP contribution in [0.4, 0.5) is 5.13 Å². The van der Waals surface area contributed by atoms with E-state index in [-0.39, 0.29) is 5.91 Å². The van der Waals surface area contributed by atoms with Gasteiger partial charge in [0.2, 0.25) is 11.0 Å². The van der Waals surface area contributed by atoms with Crippen LogP contribution in [0.2, 0.25) is 0 Å². The first-order valence-electron chi connectivity index (χ1n) is 5.58. The third-order valence-corrected chi connectivity index (χ3v) is 5.46. The van der Waals surface area contributed by atoms with Crippen LogP contribution in [0.5, 0.6) is 0 Å². The van der Waals surface area contributed by atoms with Crippen molar-refractivity contribution in [1.29, 1.82) is 0 Å². The van der Waals surface area contributed by atoms with Crippen molar-refractivity contribution in [2.75, 3.05) is 23.4 Å². The number of thioether (sulfide) groups is 2. The number of nitrogens with one attached hydrogen (secondary N) is 1. The highest BCUT2D eigenvalue weighted by atomic mass is 32.2. The second-order valence-electron chi connectivity index (χ2n) is 3.93. The number of amides is 1. The van der Waals surface area contributed by atoms with Crippen molar-refractivity contribution in [2.24, 2.45) is 4.99 Å². The molecule has 0 aliphatic carbocycles. The number of carbonyl (C=O) groups excluding carboxylic acids is 1. The van der Waals surface area contributed by atoms with Crippen molar-refractivity contribution in [2.45, 2.75) is 19.8 Å². The summed E-state index contributed by atoms with van der Waals surface area (Å²) >= 11 is 4.62. The lowest BCUT2D eigenvalue weighted by molar-refractivity contribution is -0.113. The summed E-state index contributed by atoms with van der Waals surface area (Å²) < 4.78 is 1.00. The Hall–Kier alpha value is -0.600. The number of anilines is 1. The molecule has 0 bridgehead atoms. The van der Waals surface area contributed by atoms with Crippen molar-refractivity contribution in [3.63, 3.8) is 0 Å². The Bertz CT molecular complexity index is 458. The maximum absolute atomic E-state index is 11.7. The zero-order valence-corrected chi connectivity index (χ0v) is 12.6. The highest BCUT2D eigenvalue weighted by molar-refractivity contribution is 8.39. The topological polar surface area (TPSA) is 67.2 Å². The summed E-state index contributed by atoms with van der Waals surface area (Å²) in [6.45, 7) is 4.97. The average molecular weight is 302 g/mol. The highest BCUT2D eigenvalue weighted by Crippen LogP contribution is 2.24. The monoisotopic (exact) mass is 302 g/mol. The minimum absolute atomic E-state index is 0.0540. The van der Waals surface area contributed by atoms with Gasteiger partial charge in [-0.05, 0) is 0 Å². The summed E-state index contributed by atoms with van der Waals surface area (Å²) in [6, 6.07) is 0. The van der Waals surface area contributed by atoms with Crippen LogP contribution in [-0.4, -0.2) is 38.5 Å². The van der Waals surface area contributed by atoms with Crippen molar-refractivity contribution in [3.8, 4) is 0 Å². The fourth-order valence-electron chi connectivity index (χ4n) is 1.20. The van der Waals surface area contributed by atoms with Gasteiger partial charge in [0, 0.05) is 11.7 Å². The molecule has 1 aromatic heterocycles. The normalized spacial score (nSPS) is 14.9. The van der Waals surface area contributed by atoms with E-state index < -0.39 is 0 Å². The third kappa shape index (κ3) is 3.96. The molecule has 0 saturated carbocycles. The number of aliphatic imine (C=N–C) groups is 1. The molecule has 2 heterocycles. The first kappa shape index (κ1) is 13.8. The van der Waals surface area contributed by atoms with Crippen molar-refractivity contribution >= 4 is 50.3 Å². The molecule has 8 heteroatoms. The molecule has 0 radical (unpaired) electrons. The van der Waals surface area contributed by atoms with Gasteiger partial charge in [0.25, 0.3) is 0 Å². The van der Waals surface area contributed by atoms with Gasteiger partial charge in [-0.2, -0.15) is 0 Å². The smallest absolute Gasteiger partial charge is 0.236 e. The molecular formula is C10H14N4OS3. The van der Waals surface area contributed by atoms with E-state index in [2.05, 4.69) is 34.4 Å². The number of nitrogens with zero attached hydrogens (tertiary/aromatic N) is 3. The third-order valence-electron chi connectivity index (χ3n) is 2.07. The van der Waals surface area contributed by atoms with Gasteiger partial charge in [-0.1, -0.05) is 48.7 Å². The van der Waals surface area contributed by atoms with Gasteiger partial charge < -0.3 is 0 Å². The lowest BCUT2D eigenvalue weighted by Crippen LogP contribution is -2.14. The van der Waals surface area contributed by atoms with Crippen LogP contribution in [0.3, 0.4) is 0 Å². The Morgan fingerprint density at radius 3 is 2.94 bits per heavy atom. The molecular weight excluding hydrogens is 288 g/mol. The molecule has 5 nitrogen and oxygen atoms in total. The predicted molar refractivity (Wildman–Crippen MR) is 79.8 cm³/mol. The Labute approximate surface area is 118 Å². The van der Waals surface area contributed by atoms with Gasteiger partial charge in [0.1, 0.15) is 9.38 Å². The van der Waals surface area contributed by atoms with Gasteiger partial charge in [-0.3, -0.25) is 15.1 Å². The van der Waals surface area contributed by atoms with Crippen LogP contribution >= 0.6 is 34.9 Å². The average Bonchev–Trinajstić information content (AvgIpc) is 2.96. The van der Waals surface area contributed by atoms with Gasteiger partial charge in [-0.25, -0.2) is 0 Å². The van der Waals surface area contributed by atoms with Gasteiger partial charge in [0.05, 0.1) is 12.3 Å². The Kier molecular flexibility index (Phi) is 5.02. The number of hydrogen-bond acceptors (Lipinski definition) is 7. The molecule has 0 spiro atoms. The number of hydrogen-bond donors (Lipinski definition) is 1. The maximum Gasteiger partial charge on any atom is 0.236 e. The van der Waals surface area contributed by atoms with Crippen LogP contribution < -0.4 is 5.32 Å². The Morgan fingerprint density at radius 2 is 2.33 bits per heavy atom. The van der Waals surface area contributed by atoms with Crippen LogP contribution in [0, 0.1) is 0 Å². The van der Waals surface area contributed by atoms with E-state index in [1.165, 1.54) is 23.1 Å². The van der Waals surface area contributed by atoms with E-state index in [1.807, 2.05) is 0 Å². The molecule has 1 aliphatic heterocycles. The summed E-state index contributed by atoms with van der Waals surface area (Å²) in [6.07, 6.45) is 0. The fourth-order valence-corrected chi connectivity index (χ4v) is 3.78. The van der Waals surface area contributed by atoms with E-state index in [0.717, 1.165) is 21.7 Å². The molecule has 0 fully saturated rings. The molecule has 1 aliphatic rings. The van der Waals surface area contributed by atoms with E-state index in [4.69, 9.17) is 0 Å². The molecule has 18 heavy (non-hydrogen) atoms. The van der Waals surface area contributed by atoms with E-state index in [0.29, 0.717) is 16.8 Å². The second kappa shape index (κ2) is 6.53. The maximum atomic E-state index is 11.7. The summed E-state index contributed by atoms with van der Waals surface area (Å²) in [5, 5.41) is 12.2. The first-order valence-corrected chi connectivity index (χ1v) is 8.37. The Balaban J connectivity index is 1.79. The molecule has 1 amide bonds. The van der Waals surface area contributed by atoms with Gasteiger partial charge >= 0.3 is 0 Å². The number of carbonyl (C=O) groups is 1. The Morgan fingerprint density at radius 1 is 1.50 bits per heavy atom. The molecule has 0 unspecified atom stereocenters. The molecule has 0 aromatic carbocycles. The summed E-state index contributed by atoms with van der Waals surface area (Å²) in [5.74, 6) is 1.69. The van der Waals surface area contributed by atoms with Crippen LogP contribution in [-0.2, 0) is 4.79 Å². The zero-order valence-electron chi connectivity index (χ0n) is 10.2. The van der Waals surface area contributed by atoms with Crippen LogP contribution in [0.15, 0.2) is 4.99 Å². The van der Waals surface area contributed by atoms with Crippen LogP contribution in [0.1, 0.15) is 24.8 Å². The number of rotatable bonds is 4. The van der Waals surface area contributed by atoms with Crippen molar-refractivity contribution < 1.29 is 4.79 Å². The van der Waals surface area contributed by atoms with E-state index in [9.17, 15) is 4.79 Å². The summed E-state index contributed by atoms with van der Waals surface area (Å²) in [5.41, 5.74) is 0. The minimum Gasteiger partial charge on any atom is -0.300 e.